The van der Waals surface area contributed by atoms with Gasteiger partial charge in [0.2, 0.25) is 0 Å². The van der Waals surface area contributed by atoms with Gasteiger partial charge in [-0.25, -0.2) is 9.97 Å². The molecule has 0 aliphatic carbocycles. The molecule has 0 radical (unpaired) electrons. The Labute approximate surface area is 153 Å². The molecule has 0 aliphatic rings. The third-order valence-corrected chi connectivity index (χ3v) is 4.22. The summed E-state index contributed by atoms with van der Waals surface area (Å²) in [6.07, 6.45) is 4.61. The molecule has 0 saturated heterocycles. The molecule has 5 nitrogen and oxygen atoms in total. The fourth-order valence-corrected chi connectivity index (χ4v) is 2.87. The van der Waals surface area contributed by atoms with E-state index in [1.165, 1.54) is 0 Å². The van der Waals surface area contributed by atoms with Gasteiger partial charge < -0.3 is 9.88 Å². The van der Waals surface area contributed by atoms with Crippen LogP contribution >= 0.6 is 0 Å². The van der Waals surface area contributed by atoms with Gasteiger partial charge in [-0.1, -0.05) is 43.8 Å². The number of fused-ring (bicyclic) bond motifs is 1. The number of rotatable bonds is 5. The molecule has 26 heavy (non-hydrogen) atoms. The third-order valence-electron chi connectivity index (χ3n) is 4.22. The van der Waals surface area contributed by atoms with Crippen LogP contribution in [0.2, 0.25) is 0 Å². The molecule has 1 N–H and O–H groups in total. The topological polar surface area (TPSA) is 57.7 Å². The summed E-state index contributed by atoms with van der Waals surface area (Å²) in [6, 6.07) is 18.1. The lowest BCUT2D eigenvalue weighted by Gasteiger charge is -2.19. The van der Waals surface area contributed by atoms with Crippen molar-refractivity contribution in [2.75, 3.05) is 18.5 Å². The largest absolute Gasteiger partial charge is 0.359 e. The number of anilines is 1. The van der Waals surface area contributed by atoms with Crippen LogP contribution in [-0.4, -0.2) is 33.5 Å². The Bertz CT molecular complexity index is 964. The van der Waals surface area contributed by atoms with Gasteiger partial charge in [0.1, 0.15) is 11.5 Å². The van der Waals surface area contributed by atoms with Crippen molar-refractivity contribution < 1.29 is 0 Å². The Morgan fingerprint density at radius 2 is 1.77 bits per heavy atom. The number of H-pyrrole nitrogens is 1. The molecule has 3 heterocycles. The van der Waals surface area contributed by atoms with Crippen molar-refractivity contribution in [3.05, 3.63) is 72.7 Å². The number of benzene rings is 1. The second-order valence-electron chi connectivity index (χ2n) is 5.97. The first-order valence-corrected chi connectivity index (χ1v) is 8.33. The number of pyridine rings is 1. The Balaban J connectivity index is 0.00000196. The van der Waals surface area contributed by atoms with Crippen molar-refractivity contribution in [1.82, 2.24) is 19.9 Å². The van der Waals surface area contributed by atoms with E-state index in [0.717, 1.165) is 46.9 Å². The van der Waals surface area contributed by atoms with Gasteiger partial charge in [0.15, 0.2) is 5.82 Å². The summed E-state index contributed by atoms with van der Waals surface area (Å²) in [6.45, 7) is 0.836. The van der Waals surface area contributed by atoms with Crippen molar-refractivity contribution in [2.45, 2.75) is 13.8 Å². The molecule has 3 aromatic heterocycles. The van der Waals surface area contributed by atoms with Crippen LogP contribution in [0.3, 0.4) is 0 Å². The van der Waals surface area contributed by atoms with Crippen LogP contribution in [0, 0.1) is 0 Å². The maximum Gasteiger partial charge on any atom is 0.163 e. The van der Waals surface area contributed by atoms with Crippen molar-refractivity contribution in [3.63, 3.8) is 0 Å². The lowest BCUT2D eigenvalue weighted by Crippen LogP contribution is -2.22. The summed E-state index contributed by atoms with van der Waals surface area (Å²) in [5.41, 5.74) is 2.95. The average molecular weight is 345 g/mol. The van der Waals surface area contributed by atoms with Crippen LogP contribution in [0.5, 0.6) is 0 Å². The molecule has 0 amide bonds. The summed E-state index contributed by atoms with van der Waals surface area (Å²) < 4.78 is 0. The smallest absolute Gasteiger partial charge is 0.163 e. The number of hydrogen-bond acceptors (Lipinski definition) is 4. The first kappa shape index (κ1) is 17.6. The molecule has 4 aromatic rings. The van der Waals surface area contributed by atoms with Crippen molar-refractivity contribution in [2.24, 2.45) is 0 Å². The number of aromatic nitrogens is 4. The zero-order chi connectivity index (χ0) is 17.1. The predicted octanol–water partition coefficient (Wildman–Crippen LogP) is 4.33. The average Bonchev–Trinajstić information content (AvgIpc) is 3.15. The molecule has 132 valence electrons. The van der Waals surface area contributed by atoms with E-state index in [-0.39, 0.29) is 7.43 Å². The van der Waals surface area contributed by atoms with Gasteiger partial charge >= 0.3 is 0 Å². The van der Waals surface area contributed by atoms with Crippen LogP contribution in [0.15, 0.2) is 67.0 Å². The molecule has 0 spiro atoms. The lowest BCUT2D eigenvalue weighted by atomic mass is 10.2. The van der Waals surface area contributed by atoms with E-state index in [0.29, 0.717) is 0 Å². The second-order valence-corrected chi connectivity index (χ2v) is 5.97. The summed E-state index contributed by atoms with van der Waals surface area (Å²) in [5, 5.41) is 1.03. The number of likely N-dealkylation sites (N-methyl/N-ethyl adjacent to an activating group) is 1. The molecule has 0 saturated carbocycles. The highest BCUT2D eigenvalue weighted by Gasteiger charge is 2.13. The molecular formula is C21H23N5. The maximum absolute atomic E-state index is 4.83. The molecule has 4 rings (SSSR count). The molecule has 0 unspecified atom stereocenters. The minimum Gasteiger partial charge on any atom is -0.359 e. The minimum atomic E-state index is 0. The Morgan fingerprint density at radius 1 is 0.962 bits per heavy atom. The van der Waals surface area contributed by atoms with E-state index in [1.807, 2.05) is 60.9 Å². The number of hydrogen-bond donors (Lipinski definition) is 1. The highest BCUT2D eigenvalue weighted by atomic mass is 15.2. The predicted molar refractivity (Wildman–Crippen MR) is 107 cm³/mol. The summed E-state index contributed by atoms with van der Waals surface area (Å²) in [4.78, 5) is 19.3. The monoisotopic (exact) mass is 345 g/mol. The normalized spacial score (nSPS) is 10.5. The highest BCUT2D eigenvalue weighted by molar-refractivity contribution is 5.89. The van der Waals surface area contributed by atoms with Gasteiger partial charge in [-0.15, -0.1) is 0 Å². The van der Waals surface area contributed by atoms with Crippen LogP contribution in [-0.2, 0) is 6.42 Å². The zero-order valence-corrected chi connectivity index (χ0v) is 14.1. The van der Waals surface area contributed by atoms with Gasteiger partial charge in [0.05, 0.1) is 5.39 Å². The van der Waals surface area contributed by atoms with Gasteiger partial charge in [0.25, 0.3) is 0 Å². The molecule has 0 bridgehead atoms. The van der Waals surface area contributed by atoms with Gasteiger partial charge in [-0.05, 0) is 18.2 Å². The molecule has 5 heteroatoms. The molecule has 1 aromatic carbocycles. The SMILES string of the molecule is C.CN(CCc1ccccn1)c1nc(-c2ccccc2)nc2[nH]ccc12. The first-order chi connectivity index (χ1) is 12.3. The van der Waals surface area contributed by atoms with Gasteiger partial charge in [-0.3, -0.25) is 4.98 Å². The van der Waals surface area contributed by atoms with Gasteiger partial charge in [0, 0.05) is 43.7 Å². The first-order valence-electron chi connectivity index (χ1n) is 8.33. The van der Waals surface area contributed by atoms with Crippen molar-refractivity contribution >= 4 is 16.9 Å². The highest BCUT2D eigenvalue weighted by Crippen LogP contribution is 2.26. The summed E-state index contributed by atoms with van der Waals surface area (Å²) in [5.74, 6) is 1.66. The van der Waals surface area contributed by atoms with Crippen LogP contribution in [0.25, 0.3) is 22.4 Å². The van der Waals surface area contributed by atoms with Crippen LogP contribution in [0.1, 0.15) is 13.1 Å². The molecule has 0 aliphatic heterocycles. The quantitative estimate of drug-likeness (QED) is 0.585. The molecule has 0 fully saturated rings. The van der Waals surface area contributed by atoms with Crippen LogP contribution in [0.4, 0.5) is 5.82 Å². The lowest BCUT2D eigenvalue weighted by molar-refractivity contribution is 0.841. The summed E-state index contributed by atoms with van der Waals surface area (Å²) >= 11 is 0. The van der Waals surface area contributed by atoms with E-state index in [4.69, 9.17) is 4.98 Å². The second kappa shape index (κ2) is 7.78. The Hall–Kier alpha value is -3.21. The Morgan fingerprint density at radius 3 is 2.54 bits per heavy atom. The molecule has 0 atom stereocenters. The van der Waals surface area contributed by atoms with Gasteiger partial charge in [-0.2, -0.15) is 0 Å². The fraction of sp³-hybridized carbons (Fsp3) is 0.190. The Kier molecular flexibility index (Phi) is 5.27. The third kappa shape index (κ3) is 3.57. The fourth-order valence-electron chi connectivity index (χ4n) is 2.87. The summed E-state index contributed by atoms with van der Waals surface area (Å²) in [7, 11) is 2.06. The number of aromatic amines is 1. The van der Waals surface area contributed by atoms with E-state index in [1.54, 1.807) is 0 Å². The maximum atomic E-state index is 4.83. The molecular weight excluding hydrogens is 322 g/mol. The van der Waals surface area contributed by atoms with E-state index in [9.17, 15) is 0 Å². The van der Waals surface area contributed by atoms with Crippen LogP contribution < -0.4 is 4.90 Å². The minimum absolute atomic E-state index is 0. The number of nitrogens with one attached hydrogen (secondary N) is 1. The van der Waals surface area contributed by atoms with E-state index >= 15 is 0 Å². The van der Waals surface area contributed by atoms with E-state index < -0.39 is 0 Å². The zero-order valence-electron chi connectivity index (χ0n) is 14.1. The van der Waals surface area contributed by atoms with Crippen molar-refractivity contribution in [1.29, 1.82) is 0 Å². The standard InChI is InChI=1S/C20H19N5.CH4/c1-25(14-11-16-9-5-6-12-21-16)20-17-10-13-22-19(17)23-18(24-20)15-7-3-2-4-8-15;/h2-10,12-13H,11,14H2,1H3,(H,22,23,24);1H4. The van der Waals surface area contributed by atoms with Crippen molar-refractivity contribution in [3.8, 4) is 11.4 Å². The number of nitrogens with zero attached hydrogens (tertiary/aromatic N) is 4. The van der Waals surface area contributed by atoms with E-state index in [2.05, 4.69) is 33.0 Å².